The van der Waals surface area contributed by atoms with Crippen LogP contribution in [0.2, 0.25) is 0 Å². The molecule has 20 nitrogen and oxygen atoms in total. The molecule has 4 heterocycles. The van der Waals surface area contributed by atoms with Gasteiger partial charge in [-0.25, -0.2) is 4.79 Å². The van der Waals surface area contributed by atoms with E-state index in [2.05, 4.69) is 66.2 Å². The van der Waals surface area contributed by atoms with Crippen LogP contribution in [0, 0.1) is 35.5 Å². The van der Waals surface area contributed by atoms with E-state index in [9.17, 15) is 51.5 Å². The number of hydrogen-bond acceptors (Lipinski definition) is 11. The number of benzene rings is 4. The van der Waals surface area contributed by atoms with E-state index in [0.717, 1.165) is 22.3 Å². The maximum atomic E-state index is 14.8. The maximum absolute atomic E-state index is 14.8. The first-order valence-electron chi connectivity index (χ1n) is 33.0. The number of aliphatic carboxylic acids is 1. The molecule has 0 saturated carbocycles. The molecule has 508 valence electrons. The van der Waals surface area contributed by atoms with E-state index in [4.69, 9.17) is 9.90 Å². The quantitative estimate of drug-likeness (QED) is 0.0240. The van der Waals surface area contributed by atoms with E-state index in [0.29, 0.717) is 89.9 Å². The number of unbranched alkanes of at least 4 members (excludes halogenated alkanes) is 2. The number of fused-ring (bicyclic) bond motifs is 2. The Hall–Kier alpha value is -9.06. The van der Waals surface area contributed by atoms with E-state index in [1.807, 2.05) is 135 Å². The molecule has 4 fully saturated rings. The van der Waals surface area contributed by atoms with Crippen LogP contribution in [0.5, 0.6) is 0 Å². The van der Waals surface area contributed by atoms with Crippen LogP contribution < -0.4 is 42.5 Å². The minimum atomic E-state index is -5.08. The Labute approximate surface area is 554 Å². The highest BCUT2D eigenvalue weighted by Crippen LogP contribution is 2.37. The summed E-state index contributed by atoms with van der Waals surface area (Å²) in [6, 6.07) is 33.3. The van der Waals surface area contributed by atoms with Gasteiger partial charge >= 0.3 is 12.1 Å². The molecule has 0 aromatic heterocycles. The van der Waals surface area contributed by atoms with Crippen molar-refractivity contribution in [1.82, 2.24) is 52.3 Å². The highest BCUT2D eigenvalue weighted by molar-refractivity contribution is 5.96. The summed E-state index contributed by atoms with van der Waals surface area (Å²) in [7, 11) is 3.40. The first kappa shape index (κ1) is 73.4. The van der Waals surface area contributed by atoms with E-state index in [1.165, 1.54) is 0 Å². The lowest BCUT2D eigenvalue weighted by Crippen LogP contribution is -2.59. The number of halogens is 3. The van der Waals surface area contributed by atoms with Crippen LogP contribution in [0.15, 0.2) is 121 Å². The second kappa shape index (κ2) is 36.6. The number of rotatable bonds is 26. The number of nitrogens with one attached hydrogen (secondary N) is 8. The Morgan fingerprint density at radius 2 is 0.832 bits per heavy atom. The number of carbonyl (C=O) groups excluding carboxylic acids is 8. The Kier molecular flexibility index (Phi) is 28.2. The summed E-state index contributed by atoms with van der Waals surface area (Å²) in [5, 5.41) is 31.8. The number of carbonyl (C=O) groups is 9. The summed E-state index contributed by atoms with van der Waals surface area (Å²) < 4.78 is 31.7. The molecule has 8 rings (SSSR count). The highest BCUT2D eigenvalue weighted by Gasteiger charge is 2.50. The summed E-state index contributed by atoms with van der Waals surface area (Å²) in [4.78, 5) is 124. The molecule has 4 aromatic rings. The van der Waals surface area contributed by atoms with Crippen molar-refractivity contribution in [3.8, 4) is 23.7 Å². The molecule has 0 radical (unpaired) electrons. The fourth-order valence-corrected chi connectivity index (χ4v) is 13.1. The van der Waals surface area contributed by atoms with Gasteiger partial charge in [0.25, 0.3) is 0 Å². The average Bonchev–Trinajstić information content (AvgIpc) is 1.66. The molecule has 0 bridgehead atoms. The molecule has 4 saturated heterocycles. The molecule has 4 aromatic carbocycles. The molecular formula is C72H89F3N10O10. The zero-order valence-corrected chi connectivity index (χ0v) is 54.4. The van der Waals surface area contributed by atoms with E-state index in [-0.39, 0.29) is 85.3 Å². The second-order valence-corrected chi connectivity index (χ2v) is 24.4. The fraction of sp³-hybridized carbons (Fsp3) is 0.486. The zero-order valence-electron chi connectivity index (χ0n) is 54.4. The van der Waals surface area contributed by atoms with E-state index < -0.39 is 72.3 Å². The predicted octanol–water partition coefficient (Wildman–Crippen LogP) is 6.52. The maximum Gasteiger partial charge on any atom is 0.490 e. The minimum absolute atomic E-state index is 0.172. The lowest BCUT2D eigenvalue weighted by atomic mass is 9.92. The zero-order chi connectivity index (χ0) is 68.4. The molecule has 0 unspecified atom stereocenters. The van der Waals surface area contributed by atoms with Crippen molar-refractivity contribution >= 4 is 53.2 Å². The number of nitrogens with zero attached hydrogens (tertiary/aromatic N) is 2. The van der Waals surface area contributed by atoms with Gasteiger partial charge in [-0.3, -0.25) is 38.4 Å². The normalized spacial score (nSPS) is 21.2. The average molecular weight is 1310 g/mol. The first-order valence-corrected chi connectivity index (χ1v) is 33.0. The monoisotopic (exact) mass is 1310 g/mol. The Bertz CT molecular complexity index is 3070. The van der Waals surface area contributed by atoms with Crippen LogP contribution >= 0.6 is 0 Å². The van der Waals surface area contributed by atoms with Crippen molar-refractivity contribution in [2.24, 2.45) is 11.8 Å². The summed E-state index contributed by atoms with van der Waals surface area (Å²) in [5.41, 5.74) is 3.68. The Morgan fingerprint density at radius 3 is 1.13 bits per heavy atom. The van der Waals surface area contributed by atoms with Gasteiger partial charge in [-0.1, -0.05) is 147 Å². The molecule has 9 N–H and O–H groups in total. The van der Waals surface area contributed by atoms with Crippen LogP contribution in [-0.4, -0.2) is 150 Å². The lowest BCUT2D eigenvalue weighted by Gasteiger charge is -2.33. The van der Waals surface area contributed by atoms with Crippen molar-refractivity contribution in [1.29, 1.82) is 0 Å². The smallest absolute Gasteiger partial charge is 0.475 e. The number of carboxylic acids is 1. The Morgan fingerprint density at radius 1 is 0.516 bits per heavy atom. The third kappa shape index (κ3) is 20.7. The third-order valence-corrected chi connectivity index (χ3v) is 18.2. The number of alkyl halides is 3. The van der Waals surface area contributed by atoms with Crippen LogP contribution in [0.25, 0.3) is 0 Å². The topological polar surface area (TPSA) is 277 Å². The van der Waals surface area contributed by atoms with Crippen LogP contribution in [0.4, 0.5) is 13.2 Å². The van der Waals surface area contributed by atoms with E-state index >= 15 is 0 Å². The van der Waals surface area contributed by atoms with Crippen LogP contribution in [-0.2, 0) is 43.2 Å². The highest BCUT2D eigenvalue weighted by atomic mass is 19.4. The molecule has 0 spiro atoms. The summed E-state index contributed by atoms with van der Waals surface area (Å²) in [5.74, 6) is 5.98. The summed E-state index contributed by atoms with van der Waals surface area (Å²) in [6.45, 7) is 4.12. The van der Waals surface area contributed by atoms with Crippen molar-refractivity contribution in [2.45, 2.75) is 183 Å². The largest absolute Gasteiger partial charge is 0.490 e. The molecular weight excluding hydrogens is 1220 g/mol. The van der Waals surface area contributed by atoms with Crippen molar-refractivity contribution < 1.29 is 61.4 Å². The molecule has 95 heavy (non-hydrogen) atoms. The van der Waals surface area contributed by atoms with Crippen molar-refractivity contribution in [3.63, 3.8) is 0 Å². The SMILES string of the molecule is CC[C@H](NC)C(=O)N[C@@H]1C(=O)N2[C@@H](CC[C@@H]1CNC(=O)CCCC#CC#CCCCC(=O)NC[C@H]1CC[C@H]3CC[C@@H](C(=O)NC(c4ccccc4)c4ccccc4)N3C(=O)[C@H]1NC(=O)[C@H](CC)NC)CC[C@H]2C(=O)NC(c1ccccc1)c1ccccc1.O=C(O)C(F)(F)F. The first-order chi connectivity index (χ1) is 45.8. The number of carboxylic acid groups (broad SMARTS) is 1. The van der Waals surface area contributed by atoms with Gasteiger partial charge in [0.2, 0.25) is 47.3 Å². The van der Waals surface area contributed by atoms with Gasteiger partial charge in [-0.05, 0) is 125 Å². The van der Waals surface area contributed by atoms with Crippen LogP contribution in [0.1, 0.15) is 151 Å². The fourth-order valence-electron chi connectivity index (χ4n) is 13.1. The van der Waals surface area contributed by atoms with Gasteiger partial charge in [-0.2, -0.15) is 13.2 Å². The minimum Gasteiger partial charge on any atom is -0.475 e. The lowest BCUT2D eigenvalue weighted by molar-refractivity contribution is -0.192. The Balaban J connectivity index is 0.00000172. The molecule has 0 aliphatic carbocycles. The van der Waals surface area contributed by atoms with Crippen LogP contribution in [0.3, 0.4) is 0 Å². The van der Waals surface area contributed by atoms with Crippen molar-refractivity contribution in [2.75, 3.05) is 27.2 Å². The van der Waals surface area contributed by atoms with Gasteiger partial charge in [0.05, 0.1) is 24.2 Å². The predicted molar refractivity (Wildman–Crippen MR) is 352 cm³/mol. The molecule has 8 amide bonds. The van der Waals surface area contributed by atoms with Gasteiger partial charge in [0, 0.05) is 62.7 Å². The van der Waals surface area contributed by atoms with Gasteiger partial charge < -0.3 is 57.4 Å². The molecule has 10 atom stereocenters. The standard InChI is InChI=1S/C70H88N10O8.C2HF3O2/c1-5-55(71-3)65(83)77-63-51(37-39-53-41-43-57(79(53)69(63)87)67(85)75-61(47-27-17-13-18-28-47)48-29-19-14-20-30-48)45-73-59(81)35-25-11-9-7-8-10-12-26-36-60(82)74-46-52-38-40-54-42-44-58(80(54)70(88)64(52)78-66(84)56(6-2)72-4)68(86)76-62(49-31-21-15-22-32-49)50-33-23-16-24-34-50;3-2(4,5)1(6)7/h13-24,27-34,51-58,61-64,71-72H,5-6,11-12,25-26,35-46H2,1-4H3,(H,73,81)(H,74,82)(H,75,85)(H,76,86)(H,77,83)(H,78,84);(H,6,7)/t51-,52-,53+,54+,55+,56+,57+,58+,63+,64+;/m1./s1. The molecule has 4 aliphatic rings. The van der Waals surface area contributed by atoms with E-state index in [1.54, 1.807) is 23.9 Å². The van der Waals surface area contributed by atoms with Gasteiger partial charge in [0.1, 0.15) is 24.2 Å². The van der Waals surface area contributed by atoms with Gasteiger partial charge in [0.15, 0.2) is 0 Å². The third-order valence-electron chi connectivity index (χ3n) is 18.2. The molecule has 4 aliphatic heterocycles. The number of likely N-dealkylation sites (N-methyl/N-ethyl adjacent to an activating group) is 2. The summed E-state index contributed by atoms with van der Waals surface area (Å²) in [6.07, 6.45) is 2.80. The number of amides is 8. The van der Waals surface area contributed by atoms with Crippen molar-refractivity contribution in [3.05, 3.63) is 144 Å². The second-order valence-electron chi connectivity index (χ2n) is 24.4. The summed E-state index contributed by atoms with van der Waals surface area (Å²) >= 11 is 0. The van der Waals surface area contributed by atoms with Gasteiger partial charge in [-0.15, -0.1) is 0 Å². The number of hydrogen-bond donors (Lipinski definition) is 9. The molecule has 23 heteroatoms.